The minimum atomic E-state index is -0.536. The Kier molecular flexibility index (Phi) is 4.79. The molecule has 0 aliphatic rings. The van der Waals surface area contributed by atoms with Gasteiger partial charge in [-0.1, -0.05) is 12.1 Å². The summed E-state index contributed by atoms with van der Waals surface area (Å²) in [5, 5.41) is 24.3. The number of hydrogen-bond acceptors (Lipinski definition) is 7. The standard InChI is InChI=1S/C23H15N5O5/c29-23(16-3-1-14(2-4-16)21-12-24-13-33-21)25-17-7-5-15(6-8-17)22-26-19-10-9-18(28(31)32)11-20(19)27(22)30/h1-13,30H,(H,25,29). The van der Waals surface area contributed by atoms with Crippen LogP contribution in [0.25, 0.3) is 33.7 Å². The van der Waals surface area contributed by atoms with Crippen LogP contribution in [0.15, 0.2) is 83.7 Å². The number of hydrogen-bond donors (Lipinski definition) is 2. The van der Waals surface area contributed by atoms with Gasteiger partial charge in [0, 0.05) is 34.5 Å². The van der Waals surface area contributed by atoms with E-state index in [4.69, 9.17) is 4.42 Å². The normalized spacial score (nSPS) is 10.9. The van der Waals surface area contributed by atoms with Gasteiger partial charge < -0.3 is 14.9 Å². The van der Waals surface area contributed by atoms with Gasteiger partial charge >= 0.3 is 0 Å². The molecule has 0 bridgehead atoms. The lowest BCUT2D eigenvalue weighted by molar-refractivity contribution is -0.384. The first-order chi connectivity index (χ1) is 16.0. The molecule has 162 valence electrons. The summed E-state index contributed by atoms with van der Waals surface area (Å²) < 4.78 is 6.05. The first kappa shape index (κ1) is 19.9. The number of anilines is 1. The van der Waals surface area contributed by atoms with Gasteiger partial charge in [-0.3, -0.25) is 14.9 Å². The van der Waals surface area contributed by atoms with Gasteiger partial charge in [-0.15, -0.1) is 0 Å². The maximum absolute atomic E-state index is 12.6. The Morgan fingerprint density at radius 2 is 1.76 bits per heavy atom. The van der Waals surface area contributed by atoms with E-state index in [0.29, 0.717) is 28.1 Å². The average molecular weight is 441 g/mol. The molecule has 0 aliphatic carbocycles. The Morgan fingerprint density at radius 1 is 1.03 bits per heavy atom. The fourth-order valence-corrected chi connectivity index (χ4v) is 3.40. The minimum absolute atomic E-state index is 0.142. The molecule has 0 spiro atoms. The van der Waals surface area contributed by atoms with Gasteiger partial charge in [-0.25, -0.2) is 9.97 Å². The number of rotatable bonds is 5. The van der Waals surface area contributed by atoms with E-state index in [0.717, 1.165) is 10.3 Å². The molecule has 2 heterocycles. The number of non-ortho nitro benzene ring substituents is 1. The lowest BCUT2D eigenvalue weighted by Crippen LogP contribution is -2.11. The number of amides is 1. The highest BCUT2D eigenvalue weighted by molar-refractivity contribution is 6.04. The number of nitrogens with zero attached hydrogens (tertiary/aromatic N) is 4. The van der Waals surface area contributed by atoms with Crippen molar-refractivity contribution in [3.63, 3.8) is 0 Å². The van der Waals surface area contributed by atoms with Crippen molar-refractivity contribution in [3.8, 4) is 22.7 Å². The number of oxazole rings is 1. The van der Waals surface area contributed by atoms with Gasteiger partial charge in [0.25, 0.3) is 11.6 Å². The summed E-state index contributed by atoms with van der Waals surface area (Å²) >= 11 is 0. The van der Waals surface area contributed by atoms with Crippen LogP contribution < -0.4 is 5.32 Å². The summed E-state index contributed by atoms with van der Waals surface area (Å²) in [5.74, 6) is 0.557. The van der Waals surface area contributed by atoms with Crippen LogP contribution in [0.2, 0.25) is 0 Å². The van der Waals surface area contributed by atoms with Crippen LogP contribution in [0.4, 0.5) is 11.4 Å². The number of carbonyl (C=O) groups is 1. The number of nitrogens with one attached hydrogen (secondary N) is 1. The van der Waals surface area contributed by atoms with Crippen molar-refractivity contribution < 1.29 is 19.3 Å². The van der Waals surface area contributed by atoms with E-state index in [2.05, 4.69) is 15.3 Å². The van der Waals surface area contributed by atoms with Crippen molar-refractivity contribution in [2.45, 2.75) is 0 Å². The molecule has 0 aliphatic heterocycles. The molecule has 0 radical (unpaired) electrons. The second kappa shape index (κ2) is 7.93. The quantitative estimate of drug-likeness (QED) is 0.228. The van der Waals surface area contributed by atoms with Gasteiger partial charge in [-0.05, 0) is 42.5 Å². The van der Waals surface area contributed by atoms with Crippen LogP contribution in [-0.2, 0) is 0 Å². The van der Waals surface area contributed by atoms with Gasteiger partial charge in [0.05, 0.1) is 16.6 Å². The van der Waals surface area contributed by atoms with E-state index in [1.165, 1.54) is 24.6 Å². The predicted molar refractivity (Wildman–Crippen MR) is 119 cm³/mol. The highest BCUT2D eigenvalue weighted by atomic mass is 16.6. The summed E-state index contributed by atoms with van der Waals surface area (Å²) in [6, 6.07) is 17.7. The third kappa shape index (κ3) is 3.76. The molecule has 3 aromatic carbocycles. The molecule has 2 N–H and O–H groups in total. The predicted octanol–water partition coefficient (Wildman–Crippen LogP) is 4.76. The largest absolute Gasteiger partial charge is 0.444 e. The van der Waals surface area contributed by atoms with Crippen LogP contribution in [0.1, 0.15) is 10.4 Å². The topological polar surface area (TPSA) is 136 Å². The molecule has 2 aromatic heterocycles. The van der Waals surface area contributed by atoms with Gasteiger partial charge in [0.15, 0.2) is 18.0 Å². The van der Waals surface area contributed by atoms with E-state index in [1.807, 2.05) is 0 Å². The molecule has 0 atom stereocenters. The first-order valence-electron chi connectivity index (χ1n) is 9.76. The summed E-state index contributed by atoms with van der Waals surface area (Å²) in [6.45, 7) is 0. The minimum Gasteiger partial charge on any atom is -0.444 e. The van der Waals surface area contributed by atoms with E-state index < -0.39 is 4.92 Å². The highest BCUT2D eigenvalue weighted by Crippen LogP contribution is 2.27. The average Bonchev–Trinajstić information content (AvgIpc) is 3.48. The molecule has 5 aromatic rings. The van der Waals surface area contributed by atoms with Crippen LogP contribution in [-0.4, -0.2) is 30.7 Å². The Bertz CT molecular complexity index is 1470. The first-order valence-corrected chi connectivity index (χ1v) is 9.76. The van der Waals surface area contributed by atoms with Crippen LogP contribution in [0.3, 0.4) is 0 Å². The van der Waals surface area contributed by atoms with Crippen LogP contribution in [0, 0.1) is 10.1 Å². The molecule has 0 unspecified atom stereocenters. The van der Waals surface area contributed by atoms with Crippen LogP contribution in [0.5, 0.6) is 0 Å². The second-order valence-electron chi connectivity index (χ2n) is 7.15. The van der Waals surface area contributed by atoms with E-state index in [-0.39, 0.29) is 22.9 Å². The second-order valence-corrected chi connectivity index (χ2v) is 7.15. The molecule has 10 nitrogen and oxygen atoms in total. The molecular formula is C23H15N5O5. The Labute approximate surface area is 185 Å². The Balaban J connectivity index is 1.34. The van der Waals surface area contributed by atoms with Crippen molar-refractivity contribution in [2.24, 2.45) is 0 Å². The zero-order valence-electron chi connectivity index (χ0n) is 16.9. The third-order valence-electron chi connectivity index (χ3n) is 5.09. The molecular weight excluding hydrogens is 426 g/mol. The lowest BCUT2D eigenvalue weighted by atomic mass is 10.1. The number of nitro benzene ring substituents is 1. The molecule has 0 saturated heterocycles. The van der Waals surface area contributed by atoms with Gasteiger partial charge in [0.2, 0.25) is 0 Å². The van der Waals surface area contributed by atoms with Crippen molar-refractivity contribution in [1.82, 2.24) is 14.7 Å². The maximum atomic E-state index is 12.6. The van der Waals surface area contributed by atoms with Crippen molar-refractivity contribution >= 4 is 28.3 Å². The summed E-state index contributed by atoms with van der Waals surface area (Å²) in [7, 11) is 0. The molecule has 33 heavy (non-hydrogen) atoms. The number of imidazole rings is 1. The number of fused-ring (bicyclic) bond motifs is 1. The summed E-state index contributed by atoms with van der Waals surface area (Å²) in [6.07, 6.45) is 2.94. The number of nitro groups is 1. The third-order valence-corrected chi connectivity index (χ3v) is 5.09. The SMILES string of the molecule is O=C(Nc1ccc(-c2nc3ccc([N+](=O)[O-])cc3n2O)cc1)c1ccc(-c2cnco2)cc1. The van der Waals surface area contributed by atoms with Gasteiger partial charge in [-0.2, -0.15) is 4.73 Å². The molecule has 0 fully saturated rings. The van der Waals surface area contributed by atoms with E-state index in [9.17, 15) is 20.1 Å². The Morgan fingerprint density at radius 3 is 2.42 bits per heavy atom. The van der Waals surface area contributed by atoms with E-state index >= 15 is 0 Å². The molecule has 10 heteroatoms. The maximum Gasteiger partial charge on any atom is 0.271 e. The van der Waals surface area contributed by atoms with Crippen molar-refractivity contribution in [3.05, 3.63) is 95.0 Å². The monoisotopic (exact) mass is 441 g/mol. The zero-order valence-corrected chi connectivity index (χ0v) is 16.9. The van der Waals surface area contributed by atoms with Crippen LogP contribution >= 0.6 is 0 Å². The highest BCUT2D eigenvalue weighted by Gasteiger charge is 2.16. The number of aromatic nitrogens is 3. The summed E-state index contributed by atoms with van der Waals surface area (Å²) in [5.41, 5.74) is 2.92. The number of carbonyl (C=O) groups excluding carboxylic acids is 1. The van der Waals surface area contributed by atoms with E-state index in [1.54, 1.807) is 54.7 Å². The fraction of sp³-hybridized carbons (Fsp3) is 0. The van der Waals surface area contributed by atoms with Crippen molar-refractivity contribution in [2.75, 3.05) is 5.32 Å². The van der Waals surface area contributed by atoms with Crippen molar-refractivity contribution in [1.29, 1.82) is 0 Å². The number of benzene rings is 3. The molecule has 1 amide bonds. The summed E-state index contributed by atoms with van der Waals surface area (Å²) in [4.78, 5) is 31.2. The Hall–Kier alpha value is -4.99. The zero-order chi connectivity index (χ0) is 22.9. The lowest BCUT2D eigenvalue weighted by Gasteiger charge is -2.07. The fourth-order valence-electron chi connectivity index (χ4n) is 3.40. The van der Waals surface area contributed by atoms with Gasteiger partial charge in [0.1, 0.15) is 5.52 Å². The molecule has 0 saturated carbocycles. The smallest absolute Gasteiger partial charge is 0.271 e. The molecule has 5 rings (SSSR count).